The van der Waals surface area contributed by atoms with Crippen molar-refractivity contribution < 1.29 is 29.0 Å². The molecule has 1 heterocycles. The molecule has 1 fully saturated rings. The van der Waals surface area contributed by atoms with Gasteiger partial charge in [0, 0.05) is 10.0 Å². The Hall–Kier alpha value is -2.98. The number of rotatable bonds is 5. The number of halogens is 2. The number of carbonyl (C=O) groups excluding carboxylic acids is 3. The molecule has 0 aromatic heterocycles. The van der Waals surface area contributed by atoms with E-state index in [0.717, 1.165) is 5.56 Å². The van der Waals surface area contributed by atoms with Crippen molar-refractivity contribution in [1.82, 2.24) is 10.6 Å². The van der Waals surface area contributed by atoms with E-state index in [1.807, 2.05) is 10.6 Å². The van der Waals surface area contributed by atoms with Crippen molar-refractivity contribution in [1.29, 1.82) is 0 Å². The normalized spacial score (nSPS) is 13.6. The molecule has 3 rings (SSSR count). The summed E-state index contributed by atoms with van der Waals surface area (Å²) in [6.07, 6.45) is 1.31. The summed E-state index contributed by atoms with van der Waals surface area (Å²) in [5.41, 5.74) is 1.06. The van der Waals surface area contributed by atoms with Crippen molar-refractivity contribution in [3.63, 3.8) is 0 Å². The Kier molecular flexibility index (Phi) is 6.14. The molecule has 0 spiro atoms. The molecule has 3 N–H and O–H groups in total. The summed E-state index contributed by atoms with van der Waals surface area (Å²) in [5.74, 6) is -2.29. The zero-order valence-corrected chi connectivity index (χ0v) is 17.7. The summed E-state index contributed by atoms with van der Waals surface area (Å²) in [7, 11) is 0. The van der Waals surface area contributed by atoms with Crippen molar-refractivity contribution in [2.24, 2.45) is 0 Å². The van der Waals surface area contributed by atoms with E-state index in [-0.39, 0.29) is 17.7 Å². The van der Waals surface area contributed by atoms with E-state index in [9.17, 15) is 19.2 Å². The summed E-state index contributed by atoms with van der Waals surface area (Å²) in [5, 5.41) is 13.0. The first-order chi connectivity index (χ1) is 13.7. The molecule has 2 aromatic rings. The maximum atomic E-state index is 12.0. The molecule has 148 valence electrons. The van der Waals surface area contributed by atoms with E-state index >= 15 is 0 Å². The highest BCUT2D eigenvalue weighted by atomic mass is 79.9. The van der Waals surface area contributed by atoms with E-state index in [4.69, 9.17) is 9.84 Å². The van der Waals surface area contributed by atoms with Gasteiger partial charge in [-0.3, -0.25) is 20.2 Å². The van der Waals surface area contributed by atoms with Gasteiger partial charge in [-0.2, -0.15) is 0 Å². The van der Waals surface area contributed by atoms with Gasteiger partial charge in [-0.15, -0.1) is 0 Å². The van der Waals surface area contributed by atoms with Crippen LogP contribution in [0.1, 0.15) is 21.5 Å². The van der Waals surface area contributed by atoms with Crippen molar-refractivity contribution in [2.75, 3.05) is 0 Å². The van der Waals surface area contributed by atoms with Gasteiger partial charge < -0.3 is 9.84 Å². The van der Waals surface area contributed by atoms with E-state index in [0.29, 0.717) is 20.3 Å². The Balaban J connectivity index is 1.90. The second-order valence-electron chi connectivity index (χ2n) is 5.89. The molecule has 8 nitrogen and oxygen atoms in total. The number of barbiturate groups is 1. The highest BCUT2D eigenvalue weighted by molar-refractivity contribution is 9.11. The second-order valence-corrected chi connectivity index (χ2v) is 7.66. The standard InChI is InChI=1S/C19H12Br2N2O6/c20-12-5-11(6-13-16(24)22-19(28)23-17(13)25)15(14(21)7-12)29-8-9-1-3-10(4-2-9)18(26)27/h1-7H,8H2,(H,26,27)(H2,22,23,24,25,28). The number of carbonyl (C=O) groups is 4. The van der Waals surface area contributed by atoms with Crippen LogP contribution >= 0.6 is 31.9 Å². The Morgan fingerprint density at radius 3 is 2.24 bits per heavy atom. The minimum absolute atomic E-state index is 0.118. The number of hydrogen-bond acceptors (Lipinski definition) is 5. The molecule has 10 heteroatoms. The van der Waals surface area contributed by atoms with Crippen LogP contribution in [0, 0.1) is 0 Å². The van der Waals surface area contributed by atoms with E-state index in [1.165, 1.54) is 18.2 Å². The highest BCUT2D eigenvalue weighted by Gasteiger charge is 2.28. The SMILES string of the molecule is O=C1NC(=O)C(=Cc2cc(Br)cc(Br)c2OCc2ccc(C(=O)O)cc2)C(=O)N1. The topological polar surface area (TPSA) is 122 Å². The maximum Gasteiger partial charge on any atom is 0.335 e. The van der Waals surface area contributed by atoms with Gasteiger partial charge in [0.25, 0.3) is 11.8 Å². The quantitative estimate of drug-likeness (QED) is 0.408. The summed E-state index contributed by atoms with van der Waals surface area (Å²) in [6, 6.07) is 8.69. The van der Waals surface area contributed by atoms with Gasteiger partial charge in [0.15, 0.2) is 0 Å². The number of ether oxygens (including phenoxy) is 1. The van der Waals surface area contributed by atoms with Gasteiger partial charge >= 0.3 is 12.0 Å². The molecule has 1 saturated heterocycles. The molecule has 0 aliphatic carbocycles. The van der Waals surface area contributed by atoms with Crippen LogP contribution in [-0.2, 0) is 16.2 Å². The first-order valence-electron chi connectivity index (χ1n) is 8.07. The van der Waals surface area contributed by atoms with Crippen LogP contribution in [0.3, 0.4) is 0 Å². The van der Waals surface area contributed by atoms with E-state index in [2.05, 4.69) is 31.9 Å². The van der Waals surface area contributed by atoms with Gasteiger partial charge in [0.05, 0.1) is 10.0 Å². The molecule has 4 amide bonds. The number of nitrogens with one attached hydrogen (secondary N) is 2. The third-order valence-electron chi connectivity index (χ3n) is 3.86. The molecule has 0 radical (unpaired) electrons. The monoisotopic (exact) mass is 522 g/mol. The van der Waals surface area contributed by atoms with Crippen molar-refractivity contribution in [2.45, 2.75) is 6.61 Å². The average molecular weight is 524 g/mol. The Morgan fingerprint density at radius 1 is 1.03 bits per heavy atom. The maximum absolute atomic E-state index is 12.0. The third-order valence-corrected chi connectivity index (χ3v) is 4.91. The lowest BCUT2D eigenvalue weighted by Gasteiger charge is -2.16. The van der Waals surface area contributed by atoms with Crippen LogP contribution in [0.5, 0.6) is 5.75 Å². The zero-order valence-electron chi connectivity index (χ0n) is 14.5. The van der Waals surface area contributed by atoms with Gasteiger partial charge in [-0.1, -0.05) is 28.1 Å². The van der Waals surface area contributed by atoms with E-state index < -0.39 is 23.8 Å². The molecule has 0 atom stereocenters. The van der Waals surface area contributed by atoms with Crippen molar-refractivity contribution in [3.05, 3.63) is 67.6 Å². The van der Waals surface area contributed by atoms with Crippen molar-refractivity contribution in [3.8, 4) is 5.75 Å². The number of carboxylic acid groups (broad SMARTS) is 1. The lowest BCUT2D eigenvalue weighted by Crippen LogP contribution is -2.51. The predicted molar refractivity (Wildman–Crippen MR) is 109 cm³/mol. The first-order valence-corrected chi connectivity index (χ1v) is 9.65. The molecule has 0 saturated carbocycles. The molecule has 1 aliphatic rings. The molecule has 0 unspecified atom stereocenters. The number of hydrogen-bond donors (Lipinski definition) is 3. The van der Waals surface area contributed by atoms with Gasteiger partial charge in [-0.25, -0.2) is 9.59 Å². The fourth-order valence-corrected chi connectivity index (χ4v) is 3.87. The Morgan fingerprint density at radius 2 is 1.66 bits per heavy atom. The summed E-state index contributed by atoms with van der Waals surface area (Å²) in [6.45, 7) is 0.118. The van der Waals surface area contributed by atoms with Gasteiger partial charge in [0.2, 0.25) is 0 Å². The smallest absolute Gasteiger partial charge is 0.335 e. The minimum Gasteiger partial charge on any atom is -0.487 e. The van der Waals surface area contributed by atoms with Crippen LogP contribution in [0.4, 0.5) is 4.79 Å². The molecule has 29 heavy (non-hydrogen) atoms. The highest BCUT2D eigenvalue weighted by Crippen LogP contribution is 2.35. The summed E-state index contributed by atoms with van der Waals surface area (Å²) in [4.78, 5) is 46.1. The van der Waals surface area contributed by atoms with Crippen LogP contribution in [0.25, 0.3) is 6.08 Å². The zero-order chi connectivity index (χ0) is 21.1. The molecule has 2 aromatic carbocycles. The van der Waals surface area contributed by atoms with Crippen molar-refractivity contribution >= 4 is 61.8 Å². The van der Waals surface area contributed by atoms with Gasteiger partial charge in [-0.05, 0) is 51.8 Å². The van der Waals surface area contributed by atoms with Crippen LogP contribution in [0.2, 0.25) is 0 Å². The molecular formula is C19H12Br2N2O6. The number of benzene rings is 2. The fourth-order valence-electron chi connectivity index (χ4n) is 2.50. The Bertz CT molecular complexity index is 1040. The van der Waals surface area contributed by atoms with Crippen LogP contribution in [0.15, 0.2) is 50.9 Å². The lowest BCUT2D eigenvalue weighted by molar-refractivity contribution is -0.123. The fraction of sp³-hybridized carbons (Fsp3) is 0.0526. The Labute approximate surface area is 181 Å². The molecular weight excluding hydrogens is 512 g/mol. The summed E-state index contributed by atoms with van der Waals surface area (Å²) >= 11 is 6.73. The number of carboxylic acids is 1. The number of imide groups is 2. The number of amides is 4. The molecule has 1 aliphatic heterocycles. The minimum atomic E-state index is -1.02. The largest absolute Gasteiger partial charge is 0.487 e. The average Bonchev–Trinajstić information content (AvgIpc) is 2.64. The predicted octanol–water partition coefficient (Wildman–Crippen LogP) is 3.24. The summed E-state index contributed by atoms with van der Waals surface area (Å²) < 4.78 is 7.08. The van der Waals surface area contributed by atoms with Gasteiger partial charge in [0.1, 0.15) is 17.9 Å². The molecule has 0 bridgehead atoms. The lowest BCUT2D eigenvalue weighted by atomic mass is 10.1. The van der Waals surface area contributed by atoms with E-state index in [1.54, 1.807) is 24.3 Å². The third kappa shape index (κ3) is 4.90. The van der Waals surface area contributed by atoms with Crippen LogP contribution < -0.4 is 15.4 Å². The number of urea groups is 1. The first kappa shape index (κ1) is 20.7. The number of aromatic carboxylic acids is 1. The van der Waals surface area contributed by atoms with Crippen LogP contribution in [-0.4, -0.2) is 28.9 Å². The second kappa shape index (κ2) is 8.58.